The van der Waals surface area contributed by atoms with E-state index < -0.39 is 36.1 Å². The molecule has 2 aromatic carbocycles. The highest BCUT2D eigenvalue weighted by Crippen LogP contribution is 2.41. The summed E-state index contributed by atoms with van der Waals surface area (Å²) in [4.78, 5) is 37.4. The molecule has 0 saturated carbocycles. The summed E-state index contributed by atoms with van der Waals surface area (Å²) in [5, 5.41) is 8.90. The van der Waals surface area contributed by atoms with E-state index >= 15 is 0 Å². The number of fused-ring (bicyclic) bond motifs is 1. The van der Waals surface area contributed by atoms with Gasteiger partial charge in [0, 0.05) is 24.0 Å². The van der Waals surface area contributed by atoms with Gasteiger partial charge in [0.1, 0.15) is 17.8 Å². The molecule has 3 amide bonds. The first-order valence-corrected chi connectivity index (χ1v) is 10.4. The molecule has 4 rings (SSSR count). The maximum absolute atomic E-state index is 13.9. The van der Waals surface area contributed by atoms with Crippen molar-refractivity contribution in [1.29, 1.82) is 0 Å². The smallest absolute Gasteiger partial charge is 0.366 e. The van der Waals surface area contributed by atoms with Gasteiger partial charge in [-0.1, -0.05) is 36.4 Å². The Morgan fingerprint density at radius 2 is 1.65 bits per heavy atom. The van der Waals surface area contributed by atoms with Crippen molar-refractivity contribution < 1.29 is 27.6 Å². The second kappa shape index (κ2) is 8.82. The molecule has 0 aliphatic carbocycles. The first kappa shape index (κ1) is 23.3. The topological polar surface area (TPSA) is 103 Å². The Morgan fingerprint density at radius 1 is 1.00 bits per heavy atom. The van der Waals surface area contributed by atoms with Crippen molar-refractivity contribution >= 4 is 29.1 Å². The standard InChI is InChI=1S/C23H22F3N5O3/c1-12-17(21(33)29-16-10-6-9-15(11-16)28-13(2)32)22(34)31-20(27-12)18(14-7-4-3-5-8-14)19(30-31)23(24,25)26/h3-11,18-20,27,30H,1-2H3,(H,28,32)(H,29,33). The fraction of sp³-hybridized carbons (Fsp3) is 0.261. The number of amides is 3. The van der Waals surface area contributed by atoms with Crippen molar-refractivity contribution in [2.75, 3.05) is 10.6 Å². The van der Waals surface area contributed by atoms with E-state index in [4.69, 9.17) is 0 Å². The van der Waals surface area contributed by atoms with E-state index in [0.29, 0.717) is 16.9 Å². The van der Waals surface area contributed by atoms with E-state index in [9.17, 15) is 27.6 Å². The minimum absolute atomic E-state index is 0.160. The zero-order valence-electron chi connectivity index (χ0n) is 18.2. The first-order chi connectivity index (χ1) is 16.1. The molecule has 11 heteroatoms. The van der Waals surface area contributed by atoms with Crippen LogP contribution in [0.3, 0.4) is 0 Å². The van der Waals surface area contributed by atoms with Crippen molar-refractivity contribution in [2.45, 2.75) is 38.1 Å². The highest BCUT2D eigenvalue weighted by atomic mass is 19.4. The van der Waals surface area contributed by atoms with Gasteiger partial charge in [0.2, 0.25) is 5.91 Å². The maximum Gasteiger partial charge on any atom is 0.406 e. The molecule has 34 heavy (non-hydrogen) atoms. The van der Waals surface area contributed by atoms with Gasteiger partial charge in [-0.15, -0.1) is 0 Å². The molecule has 0 aromatic heterocycles. The SMILES string of the molecule is CC(=O)Nc1cccc(NC(=O)C2=C(C)NC3C(c4ccccc4)C(C(F)(F)F)NN3C2=O)c1. The fourth-order valence-electron chi connectivity index (χ4n) is 4.23. The Hall–Kier alpha value is -3.86. The third kappa shape index (κ3) is 4.46. The molecule has 3 unspecified atom stereocenters. The van der Waals surface area contributed by atoms with Gasteiger partial charge in [-0.05, 0) is 30.7 Å². The van der Waals surface area contributed by atoms with E-state index in [1.807, 2.05) is 0 Å². The lowest BCUT2D eigenvalue weighted by atomic mass is 9.89. The van der Waals surface area contributed by atoms with Crippen LogP contribution in [0.25, 0.3) is 0 Å². The molecule has 1 fully saturated rings. The number of hydrazine groups is 1. The minimum Gasteiger partial charge on any atom is -0.366 e. The number of carbonyl (C=O) groups is 3. The molecule has 8 nitrogen and oxygen atoms in total. The highest BCUT2D eigenvalue weighted by Gasteiger charge is 2.58. The maximum atomic E-state index is 13.9. The first-order valence-electron chi connectivity index (χ1n) is 10.4. The largest absolute Gasteiger partial charge is 0.406 e. The molecule has 0 spiro atoms. The Balaban J connectivity index is 1.62. The summed E-state index contributed by atoms with van der Waals surface area (Å²) in [6, 6.07) is 12.3. The number of rotatable bonds is 4. The lowest BCUT2D eigenvalue weighted by Gasteiger charge is -2.34. The van der Waals surface area contributed by atoms with E-state index in [2.05, 4.69) is 21.4 Å². The summed E-state index contributed by atoms with van der Waals surface area (Å²) in [5.41, 5.74) is 3.25. The molecule has 2 heterocycles. The number of nitrogens with zero attached hydrogens (tertiary/aromatic N) is 1. The lowest BCUT2D eigenvalue weighted by molar-refractivity contribution is -0.161. The highest BCUT2D eigenvalue weighted by molar-refractivity contribution is 6.23. The number of carbonyl (C=O) groups excluding carboxylic acids is 3. The van der Waals surface area contributed by atoms with Gasteiger partial charge in [-0.2, -0.15) is 13.2 Å². The van der Waals surface area contributed by atoms with Crippen LogP contribution in [0.4, 0.5) is 24.5 Å². The van der Waals surface area contributed by atoms with E-state index in [1.165, 1.54) is 19.9 Å². The summed E-state index contributed by atoms with van der Waals surface area (Å²) >= 11 is 0. The molecule has 2 aromatic rings. The number of benzene rings is 2. The van der Waals surface area contributed by atoms with Gasteiger partial charge in [-0.3, -0.25) is 14.4 Å². The van der Waals surface area contributed by atoms with Crippen LogP contribution in [-0.4, -0.2) is 41.1 Å². The normalized spacial score (nSPS) is 22.2. The lowest BCUT2D eigenvalue weighted by Crippen LogP contribution is -2.56. The second-order valence-electron chi connectivity index (χ2n) is 8.07. The van der Waals surface area contributed by atoms with Crippen LogP contribution >= 0.6 is 0 Å². The number of anilines is 2. The summed E-state index contributed by atoms with van der Waals surface area (Å²) in [5.74, 6) is -3.09. The van der Waals surface area contributed by atoms with Crippen LogP contribution in [0.5, 0.6) is 0 Å². The van der Waals surface area contributed by atoms with Gasteiger partial charge in [-0.25, -0.2) is 10.4 Å². The zero-order valence-corrected chi connectivity index (χ0v) is 18.2. The summed E-state index contributed by atoms with van der Waals surface area (Å²) < 4.78 is 41.6. The molecule has 1 saturated heterocycles. The van der Waals surface area contributed by atoms with Crippen LogP contribution in [0, 0.1) is 0 Å². The molecular weight excluding hydrogens is 451 g/mol. The molecule has 2 aliphatic rings. The Morgan fingerprint density at radius 3 is 2.26 bits per heavy atom. The van der Waals surface area contributed by atoms with Crippen LogP contribution in [-0.2, 0) is 14.4 Å². The monoisotopic (exact) mass is 473 g/mol. The van der Waals surface area contributed by atoms with Gasteiger partial charge < -0.3 is 16.0 Å². The molecular formula is C23H22F3N5O3. The fourth-order valence-corrected chi connectivity index (χ4v) is 4.23. The summed E-state index contributed by atoms with van der Waals surface area (Å²) in [6.45, 7) is 2.81. The number of hydrogen-bond acceptors (Lipinski definition) is 5. The molecule has 3 atom stereocenters. The number of allylic oxidation sites excluding steroid dienone is 1. The van der Waals surface area contributed by atoms with E-state index in [-0.39, 0.29) is 17.2 Å². The number of halogens is 3. The van der Waals surface area contributed by atoms with Gasteiger partial charge in [0.15, 0.2) is 0 Å². The van der Waals surface area contributed by atoms with Crippen molar-refractivity contribution in [3.63, 3.8) is 0 Å². The quantitative estimate of drug-likeness (QED) is 0.512. The molecule has 4 N–H and O–H groups in total. The van der Waals surface area contributed by atoms with Crippen molar-refractivity contribution in [1.82, 2.24) is 15.8 Å². The third-order valence-electron chi connectivity index (χ3n) is 5.63. The predicted molar refractivity (Wildman–Crippen MR) is 118 cm³/mol. The van der Waals surface area contributed by atoms with Crippen LogP contribution < -0.4 is 21.4 Å². The van der Waals surface area contributed by atoms with Crippen molar-refractivity contribution in [3.8, 4) is 0 Å². The van der Waals surface area contributed by atoms with Crippen LogP contribution in [0.2, 0.25) is 0 Å². The summed E-state index contributed by atoms with van der Waals surface area (Å²) in [6.07, 6.45) is -5.68. The van der Waals surface area contributed by atoms with E-state index in [0.717, 1.165) is 5.01 Å². The Bertz CT molecular complexity index is 1170. The molecule has 0 radical (unpaired) electrons. The number of nitrogens with one attached hydrogen (secondary N) is 4. The van der Waals surface area contributed by atoms with Gasteiger partial charge in [0.25, 0.3) is 11.8 Å². The Kier molecular flexibility index (Phi) is 6.05. The second-order valence-corrected chi connectivity index (χ2v) is 8.07. The van der Waals surface area contributed by atoms with Crippen LogP contribution in [0.1, 0.15) is 25.3 Å². The van der Waals surface area contributed by atoms with E-state index in [1.54, 1.807) is 48.5 Å². The Labute approximate surface area is 193 Å². The van der Waals surface area contributed by atoms with Crippen molar-refractivity contribution in [3.05, 3.63) is 71.4 Å². The molecule has 178 valence electrons. The van der Waals surface area contributed by atoms with Gasteiger partial charge >= 0.3 is 6.18 Å². The van der Waals surface area contributed by atoms with Crippen LogP contribution in [0.15, 0.2) is 65.9 Å². The molecule has 0 bridgehead atoms. The minimum atomic E-state index is -4.64. The average molecular weight is 473 g/mol. The van der Waals surface area contributed by atoms with Crippen molar-refractivity contribution in [2.24, 2.45) is 0 Å². The average Bonchev–Trinajstić information content (AvgIpc) is 3.14. The summed E-state index contributed by atoms with van der Waals surface area (Å²) in [7, 11) is 0. The third-order valence-corrected chi connectivity index (χ3v) is 5.63. The van der Waals surface area contributed by atoms with Gasteiger partial charge in [0.05, 0.1) is 5.92 Å². The molecule has 2 aliphatic heterocycles. The number of hydrogen-bond donors (Lipinski definition) is 4. The predicted octanol–water partition coefficient (Wildman–Crippen LogP) is 2.85. The number of alkyl halides is 3. The zero-order chi connectivity index (χ0) is 24.6.